The smallest absolute Gasteiger partial charge is 0.161 e. The normalized spacial score (nSPS) is 11.6. The van der Waals surface area contributed by atoms with E-state index in [4.69, 9.17) is 4.98 Å². The van der Waals surface area contributed by atoms with Gasteiger partial charge in [-0.25, -0.2) is 9.37 Å². The van der Waals surface area contributed by atoms with E-state index in [0.29, 0.717) is 34.5 Å². The molecule has 3 N–H and O–H groups in total. The SMILES string of the molecule is CCNCc1cncc(-c2ncc3[nH]nc(-c4nc5c(-c6ccsc6)cccc5[nH]4)c3c2F)c1. The zero-order valence-corrected chi connectivity index (χ0v) is 19.1. The molecule has 0 bridgehead atoms. The number of rotatable bonds is 6. The van der Waals surface area contributed by atoms with Gasteiger partial charge in [0.05, 0.1) is 28.1 Å². The number of halogens is 1. The molecule has 0 aliphatic carbocycles. The van der Waals surface area contributed by atoms with Crippen molar-refractivity contribution in [1.82, 2.24) is 35.5 Å². The van der Waals surface area contributed by atoms with Crippen molar-refractivity contribution < 1.29 is 4.39 Å². The van der Waals surface area contributed by atoms with Gasteiger partial charge in [-0.2, -0.15) is 16.4 Å². The second-order valence-corrected chi connectivity index (χ2v) is 8.72. The molecule has 0 unspecified atom stereocenters. The van der Waals surface area contributed by atoms with Crippen LogP contribution in [0.3, 0.4) is 0 Å². The first-order valence-corrected chi connectivity index (χ1v) is 11.9. The molecular weight excluding hydrogens is 449 g/mol. The zero-order valence-electron chi connectivity index (χ0n) is 18.3. The maximum Gasteiger partial charge on any atom is 0.161 e. The average Bonchev–Trinajstić information content (AvgIpc) is 3.62. The van der Waals surface area contributed by atoms with E-state index in [0.717, 1.165) is 34.3 Å². The van der Waals surface area contributed by atoms with E-state index in [2.05, 4.69) is 41.9 Å². The Morgan fingerprint density at radius 1 is 1.06 bits per heavy atom. The van der Waals surface area contributed by atoms with Crippen molar-refractivity contribution in [1.29, 1.82) is 0 Å². The molecule has 0 saturated carbocycles. The van der Waals surface area contributed by atoms with Gasteiger partial charge in [-0.15, -0.1) is 0 Å². The van der Waals surface area contributed by atoms with Gasteiger partial charge in [-0.3, -0.25) is 15.1 Å². The number of thiophene rings is 1. The maximum absolute atomic E-state index is 15.9. The number of nitrogens with zero attached hydrogens (tertiary/aromatic N) is 4. The lowest BCUT2D eigenvalue weighted by molar-refractivity contribution is 0.638. The molecule has 6 aromatic rings. The number of fused-ring (bicyclic) bond motifs is 2. The van der Waals surface area contributed by atoms with E-state index >= 15 is 4.39 Å². The lowest BCUT2D eigenvalue weighted by atomic mass is 10.1. The second-order valence-electron chi connectivity index (χ2n) is 7.94. The molecule has 0 amide bonds. The van der Waals surface area contributed by atoms with Gasteiger partial charge < -0.3 is 10.3 Å². The fourth-order valence-corrected chi connectivity index (χ4v) is 4.78. The molecule has 0 aliphatic rings. The van der Waals surface area contributed by atoms with Crippen LogP contribution in [0.25, 0.3) is 55.8 Å². The number of aromatic nitrogens is 6. The minimum atomic E-state index is -0.456. The summed E-state index contributed by atoms with van der Waals surface area (Å²) < 4.78 is 15.9. The van der Waals surface area contributed by atoms with E-state index < -0.39 is 5.82 Å². The van der Waals surface area contributed by atoms with Gasteiger partial charge in [0.25, 0.3) is 0 Å². The molecular formula is C25H20FN7S. The highest BCUT2D eigenvalue weighted by molar-refractivity contribution is 7.08. The molecule has 5 aromatic heterocycles. The Morgan fingerprint density at radius 3 is 2.85 bits per heavy atom. The topological polar surface area (TPSA) is 95.2 Å². The number of para-hydroxylation sites is 1. The highest BCUT2D eigenvalue weighted by atomic mass is 32.1. The summed E-state index contributed by atoms with van der Waals surface area (Å²) in [5, 5.41) is 15.0. The summed E-state index contributed by atoms with van der Waals surface area (Å²) in [4.78, 5) is 16.8. The van der Waals surface area contributed by atoms with Gasteiger partial charge in [0.15, 0.2) is 11.6 Å². The number of pyridine rings is 2. The summed E-state index contributed by atoms with van der Waals surface area (Å²) in [5.41, 5.74) is 6.54. The fourth-order valence-electron chi connectivity index (χ4n) is 4.13. The van der Waals surface area contributed by atoms with E-state index in [9.17, 15) is 0 Å². The Morgan fingerprint density at radius 2 is 2.00 bits per heavy atom. The van der Waals surface area contributed by atoms with Gasteiger partial charge >= 0.3 is 0 Å². The predicted molar refractivity (Wildman–Crippen MR) is 133 cm³/mol. The Hall–Kier alpha value is -3.95. The predicted octanol–water partition coefficient (Wildman–Crippen LogP) is 5.54. The highest BCUT2D eigenvalue weighted by Crippen LogP contribution is 2.34. The maximum atomic E-state index is 15.9. The molecule has 0 spiro atoms. The van der Waals surface area contributed by atoms with Crippen molar-refractivity contribution in [3.63, 3.8) is 0 Å². The summed E-state index contributed by atoms with van der Waals surface area (Å²) in [5.74, 6) is 0.0427. The molecule has 34 heavy (non-hydrogen) atoms. The standard InChI is InChI=1S/C25H20FN7S/c1-2-27-9-14-8-16(11-28-10-14)22-21(26)20-19(12-29-22)32-33-24(20)25-30-18-5-3-4-17(23(18)31-25)15-6-7-34-13-15/h3-8,10-13,27H,2,9H2,1H3,(H,30,31)(H,32,33). The first-order chi connectivity index (χ1) is 16.7. The van der Waals surface area contributed by atoms with Crippen LogP contribution in [0.4, 0.5) is 4.39 Å². The molecule has 0 aliphatic heterocycles. The van der Waals surface area contributed by atoms with Crippen LogP contribution < -0.4 is 5.32 Å². The summed E-state index contributed by atoms with van der Waals surface area (Å²) in [6, 6.07) is 9.94. The lowest BCUT2D eigenvalue weighted by Crippen LogP contribution is -2.11. The van der Waals surface area contributed by atoms with Crippen molar-refractivity contribution in [2.75, 3.05) is 6.54 Å². The molecule has 0 saturated heterocycles. The Kier molecular flexibility index (Phi) is 5.12. The van der Waals surface area contributed by atoms with Crippen LogP contribution in [0.1, 0.15) is 12.5 Å². The molecule has 5 heterocycles. The molecule has 6 rings (SSSR count). The molecule has 0 radical (unpaired) electrons. The molecule has 168 valence electrons. The number of H-pyrrole nitrogens is 2. The van der Waals surface area contributed by atoms with E-state index in [1.165, 1.54) is 0 Å². The van der Waals surface area contributed by atoms with Crippen LogP contribution in [-0.2, 0) is 6.54 Å². The lowest BCUT2D eigenvalue weighted by Gasteiger charge is -2.07. The summed E-state index contributed by atoms with van der Waals surface area (Å²) in [6.07, 6.45) is 4.99. The number of imidazole rings is 1. The minimum Gasteiger partial charge on any atom is -0.337 e. The van der Waals surface area contributed by atoms with Crippen LogP contribution in [0.15, 0.2) is 59.7 Å². The largest absolute Gasteiger partial charge is 0.337 e. The van der Waals surface area contributed by atoms with Crippen LogP contribution in [0.2, 0.25) is 0 Å². The quantitative estimate of drug-likeness (QED) is 0.298. The van der Waals surface area contributed by atoms with Crippen LogP contribution in [0.5, 0.6) is 0 Å². The fraction of sp³-hybridized carbons (Fsp3) is 0.120. The molecule has 1 aromatic carbocycles. The Balaban J connectivity index is 1.48. The third-order valence-electron chi connectivity index (χ3n) is 5.76. The van der Waals surface area contributed by atoms with Crippen molar-refractivity contribution in [2.24, 2.45) is 0 Å². The Labute approximate surface area is 198 Å². The first-order valence-electron chi connectivity index (χ1n) is 10.9. The van der Waals surface area contributed by atoms with Crippen LogP contribution >= 0.6 is 11.3 Å². The molecule has 0 fully saturated rings. The molecule has 7 nitrogen and oxygen atoms in total. The van der Waals surface area contributed by atoms with Gasteiger partial charge in [-0.1, -0.05) is 19.1 Å². The third-order valence-corrected chi connectivity index (χ3v) is 6.44. The molecule has 0 atom stereocenters. The number of aromatic amines is 2. The molecule has 9 heteroatoms. The number of nitrogens with one attached hydrogen (secondary N) is 3. The van der Waals surface area contributed by atoms with Crippen LogP contribution in [0, 0.1) is 5.82 Å². The second kappa shape index (κ2) is 8.44. The van der Waals surface area contributed by atoms with Crippen molar-refractivity contribution in [3.05, 3.63) is 71.1 Å². The first kappa shape index (κ1) is 20.6. The van der Waals surface area contributed by atoms with Gasteiger partial charge in [-0.05, 0) is 46.6 Å². The summed E-state index contributed by atoms with van der Waals surface area (Å²) in [7, 11) is 0. The average molecular weight is 470 g/mol. The van der Waals surface area contributed by atoms with Crippen molar-refractivity contribution >= 4 is 33.3 Å². The number of hydrogen-bond donors (Lipinski definition) is 3. The zero-order chi connectivity index (χ0) is 23.1. The van der Waals surface area contributed by atoms with Crippen LogP contribution in [-0.4, -0.2) is 36.7 Å². The summed E-state index contributed by atoms with van der Waals surface area (Å²) >= 11 is 1.64. The summed E-state index contributed by atoms with van der Waals surface area (Å²) in [6.45, 7) is 3.53. The number of benzene rings is 1. The minimum absolute atomic E-state index is 0.232. The van der Waals surface area contributed by atoms with E-state index in [-0.39, 0.29) is 5.69 Å². The third kappa shape index (κ3) is 3.46. The van der Waals surface area contributed by atoms with Gasteiger partial charge in [0, 0.05) is 30.1 Å². The number of hydrogen-bond acceptors (Lipinski definition) is 6. The monoisotopic (exact) mass is 469 g/mol. The van der Waals surface area contributed by atoms with Gasteiger partial charge in [0.2, 0.25) is 0 Å². The van der Waals surface area contributed by atoms with Crippen molar-refractivity contribution in [3.8, 4) is 33.9 Å². The van der Waals surface area contributed by atoms with E-state index in [1.54, 1.807) is 29.9 Å². The Bertz CT molecular complexity index is 1620. The van der Waals surface area contributed by atoms with Gasteiger partial charge in [0.1, 0.15) is 11.4 Å². The highest BCUT2D eigenvalue weighted by Gasteiger charge is 2.21. The van der Waals surface area contributed by atoms with Crippen molar-refractivity contribution in [2.45, 2.75) is 13.5 Å². The van der Waals surface area contributed by atoms with E-state index in [1.807, 2.05) is 36.6 Å².